The molecule has 1 aromatic carbocycles. The predicted octanol–water partition coefficient (Wildman–Crippen LogP) is 0.797. The van der Waals surface area contributed by atoms with E-state index in [1.165, 1.54) is 12.8 Å². The summed E-state index contributed by atoms with van der Waals surface area (Å²) >= 11 is 0. The number of aliphatic hydroxyl groups excluding tert-OH is 2. The van der Waals surface area contributed by atoms with Crippen LogP contribution in [0.25, 0.3) is 0 Å². The van der Waals surface area contributed by atoms with Gasteiger partial charge < -0.3 is 20.3 Å². The van der Waals surface area contributed by atoms with Gasteiger partial charge in [-0.05, 0) is 43.7 Å². The van der Waals surface area contributed by atoms with Gasteiger partial charge in [-0.2, -0.15) is 0 Å². The van der Waals surface area contributed by atoms with Crippen LogP contribution in [0, 0.1) is 18.8 Å². The zero-order valence-corrected chi connectivity index (χ0v) is 14.9. The highest BCUT2D eigenvalue weighted by molar-refractivity contribution is 5.97. The van der Waals surface area contributed by atoms with Gasteiger partial charge in [0.25, 0.3) is 5.91 Å². The molecule has 2 aliphatic rings. The van der Waals surface area contributed by atoms with Crippen LogP contribution >= 0.6 is 0 Å². The number of methoxy groups -OCH3 is 1. The molecule has 6 heteroatoms. The molecule has 3 N–H and O–H groups in total. The molecule has 2 atom stereocenters. The Morgan fingerprint density at radius 2 is 2.04 bits per heavy atom. The molecule has 1 saturated carbocycles. The van der Waals surface area contributed by atoms with Gasteiger partial charge in [0.1, 0.15) is 5.75 Å². The Hall–Kier alpha value is -1.63. The summed E-state index contributed by atoms with van der Waals surface area (Å²) in [6.45, 7) is 3.29. The zero-order valence-electron chi connectivity index (χ0n) is 14.9. The van der Waals surface area contributed by atoms with E-state index in [1.54, 1.807) is 7.11 Å². The second-order valence-electron chi connectivity index (χ2n) is 7.26. The first-order valence-electron chi connectivity index (χ1n) is 8.98. The van der Waals surface area contributed by atoms with Gasteiger partial charge in [-0.1, -0.05) is 11.6 Å². The van der Waals surface area contributed by atoms with Crippen LogP contribution in [0.4, 0.5) is 0 Å². The molecule has 3 rings (SSSR count). The predicted molar refractivity (Wildman–Crippen MR) is 94.7 cm³/mol. The second kappa shape index (κ2) is 7.72. The van der Waals surface area contributed by atoms with Crippen molar-refractivity contribution in [2.24, 2.45) is 11.8 Å². The lowest BCUT2D eigenvalue weighted by molar-refractivity contribution is 0.0852. The van der Waals surface area contributed by atoms with E-state index in [0.29, 0.717) is 29.7 Å². The first-order valence-corrected chi connectivity index (χ1v) is 8.98. The second-order valence-corrected chi connectivity index (χ2v) is 7.26. The number of carbonyl (C=O) groups is 1. The first-order chi connectivity index (χ1) is 12.1. The van der Waals surface area contributed by atoms with Crippen molar-refractivity contribution < 1.29 is 19.7 Å². The maximum Gasteiger partial charge on any atom is 0.255 e. The fraction of sp³-hybridized carbons (Fsp3) is 0.632. The normalized spacial score (nSPS) is 23.9. The molecule has 0 bridgehead atoms. The summed E-state index contributed by atoms with van der Waals surface area (Å²) in [6.07, 6.45) is 2.39. The number of rotatable bonds is 7. The Kier molecular flexibility index (Phi) is 5.61. The van der Waals surface area contributed by atoms with Gasteiger partial charge in [0.15, 0.2) is 0 Å². The topological polar surface area (TPSA) is 82.0 Å². The van der Waals surface area contributed by atoms with Crippen LogP contribution in [-0.4, -0.2) is 66.5 Å². The fourth-order valence-electron chi connectivity index (χ4n) is 3.85. The Bertz CT molecular complexity index is 613. The van der Waals surface area contributed by atoms with E-state index in [0.717, 1.165) is 12.1 Å². The summed E-state index contributed by atoms with van der Waals surface area (Å²) < 4.78 is 5.33. The molecule has 0 unspecified atom stereocenters. The quantitative estimate of drug-likeness (QED) is 0.679. The molecule has 2 fully saturated rings. The van der Waals surface area contributed by atoms with Gasteiger partial charge >= 0.3 is 0 Å². The molecule has 1 aromatic rings. The van der Waals surface area contributed by atoms with Crippen LogP contribution < -0.4 is 10.1 Å². The third kappa shape index (κ3) is 3.97. The highest BCUT2D eigenvalue weighted by atomic mass is 16.5. The number of likely N-dealkylation sites (tertiary alicyclic amines) is 1. The summed E-state index contributed by atoms with van der Waals surface area (Å²) in [6, 6.07) is 5.36. The molecular formula is C19H28N2O4. The molecule has 1 heterocycles. The third-order valence-electron chi connectivity index (χ3n) is 5.47. The van der Waals surface area contributed by atoms with E-state index in [2.05, 4.69) is 10.2 Å². The van der Waals surface area contributed by atoms with Gasteiger partial charge in [0.2, 0.25) is 0 Å². The minimum absolute atomic E-state index is 0.0332. The molecule has 1 aliphatic heterocycles. The first kappa shape index (κ1) is 18.2. The Morgan fingerprint density at radius 1 is 1.32 bits per heavy atom. The molecule has 1 aliphatic carbocycles. The minimum atomic E-state index is -0.253. The van der Waals surface area contributed by atoms with Gasteiger partial charge in [-0.25, -0.2) is 0 Å². The lowest BCUT2D eigenvalue weighted by atomic mass is 9.97. The molecule has 138 valence electrons. The van der Waals surface area contributed by atoms with Crippen LogP contribution in [0.5, 0.6) is 5.75 Å². The number of aliphatic hydroxyl groups is 2. The standard InChI is InChI=1S/C19H28N2O4/c1-12-3-6-18(25-2)15(7-12)19(24)20-17-9-21(14(10-22)11-23)8-16(17)13-4-5-13/h3,6-7,13-14,16-17,22-23H,4-5,8-11H2,1-2H3,(H,20,24)/t16-,17+/m1/s1. The van der Waals surface area contributed by atoms with Crippen LogP contribution in [0.2, 0.25) is 0 Å². The average molecular weight is 348 g/mol. The van der Waals surface area contributed by atoms with E-state index in [-0.39, 0.29) is 31.2 Å². The lowest BCUT2D eigenvalue weighted by Gasteiger charge is -2.24. The molecule has 0 radical (unpaired) electrons. The van der Waals surface area contributed by atoms with E-state index in [1.807, 2.05) is 25.1 Å². The van der Waals surface area contributed by atoms with Crippen molar-refractivity contribution in [3.05, 3.63) is 29.3 Å². The van der Waals surface area contributed by atoms with Crippen molar-refractivity contribution in [2.75, 3.05) is 33.4 Å². The Labute approximate surface area is 148 Å². The van der Waals surface area contributed by atoms with Crippen molar-refractivity contribution in [3.63, 3.8) is 0 Å². The number of nitrogens with one attached hydrogen (secondary N) is 1. The number of hydrogen-bond donors (Lipinski definition) is 3. The van der Waals surface area contributed by atoms with Crippen LogP contribution in [0.15, 0.2) is 18.2 Å². The SMILES string of the molecule is COc1ccc(C)cc1C(=O)N[C@H]1CN(C(CO)CO)C[C@@H]1C1CC1. The number of hydrogen-bond acceptors (Lipinski definition) is 5. The Balaban J connectivity index is 1.74. The number of aryl methyl sites for hydroxylation is 1. The fourth-order valence-corrected chi connectivity index (χ4v) is 3.85. The van der Waals surface area contributed by atoms with Crippen LogP contribution in [-0.2, 0) is 0 Å². The van der Waals surface area contributed by atoms with E-state index in [4.69, 9.17) is 4.74 Å². The van der Waals surface area contributed by atoms with Crippen LogP contribution in [0.1, 0.15) is 28.8 Å². The summed E-state index contributed by atoms with van der Waals surface area (Å²) in [7, 11) is 1.57. The Morgan fingerprint density at radius 3 is 2.64 bits per heavy atom. The van der Waals surface area contributed by atoms with Gasteiger partial charge in [-0.15, -0.1) is 0 Å². The smallest absolute Gasteiger partial charge is 0.255 e. The lowest BCUT2D eigenvalue weighted by Crippen LogP contribution is -2.43. The molecular weight excluding hydrogens is 320 g/mol. The minimum Gasteiger partial charge on any atom is -0.496 e. The van der Waals surface area contributed by atoms with E-state index >= 15 is 0 Å². The number of carbonyl (C=O) groups excluding carboxylic acids is 1. The number of amides is 1. The zero-order chi connectivity index (χ0) is 18.0. The van der Waals surface area contributed by atoms with Crippen molar-refractivity contribution in [1.29, 1.82) is 0 Å². The van der Waals surface area contributed by atoms with Crippen molar-refractivity contribution in [3.8, 4) is 5.75 Å². The van der Waals surface area contributed by atoms with E-state index in [9.17, 15) is 15.0 Å². The number of nitrogens with zero attached hydrogens (tertiary/aromatic N) is 1. The van der Waals surface area contributed by atoms with E-state index < -0.39 is 0 Å². The maximum atomic E-state index is 12.8. The maximum absolute atomic E-state index is 12.8. The molecule has 0 spiro atoms. The van der Waals surface area contributed by atoms with Crippen molar-refractivity contribution in [1.82, 2.24) is 10.2 Å². The highest BCUT2D eigenvalue weighted by Crippen LogP contribution is 2.42. The average Bonchev–Trinajstić information content (AvgIpc) is 3.37. The van der Waals surface area contributed by atoms with Crippen LogP contribution in [0.3, 0.4) is 0 Å². The largest absolute Gasteiger partial charge is 0.496 e. The molecule has 6 nitrogen and oxygen atoms in total. The summed E-state index contributed by atoms with van der Waals surface area (Å²) in [4.78, 5) is 14.9. The monoisotopic (exact) mass is 348 g/mol. The molecule has 25 heavy (non-hydrogen) atoms. The van der Waals surface area contributed by atoms with Gasteiger partial charge in [0.05, 0.1) is 31.9 Å². The summed E-state index contributed by atoms with van der Waals surface area (Å²) in [5.74, 6) is 1.46. The highest BCUT2D eigenvalue weighted by Gasteiger charge is 2.44. The third-order valence-corrected chi connectivity index (χ3v) is 5.47. The summed E-state index contributed by atoms with van der Waals surface area (Å²) in [5, 5.41) is 22.1. The van der Waals surface area contributed by atoms with Crippen molar-refractivity contribution >= 4 is 5.91 Å². The summed E-state index contributed by atoms with van der Waals surface area (Å²) in [5.41, 5.74) is 1.56. The molecule has 0 aromatic heterocycles. The van der Waals surface area contributed by atoms with Gasteiger partial charge in [-0.3, -0.25) is 9.69 Å². The molecule has 1 saturated heterocycles. The van der Waals surface area contributed by atoms with Crippen molar-refractivity contribution in [2.45, 2.75) is 31.8 Å². The molecule has 1 amide bonds. The van der Waals surface area contributed by atoms with Gasteiger partial charge in [0, 0.05) is 19.1 Å². The number of benzene rings is 1. The number of ether oxygens (including phenoxy) is 1.